The van der Waals surface area contributed by atoms with Gasteiger partial charge in [0.1, 0.15) is 0 Å². The van der Waals surface area contributed by atoms with Gasteiger partial charge in [-0.15, -0.1) is 0 Å². The van der Waals surface area contributed by atoms with Gasteiger partial charge in [-0.25, -0.2) is 0 Å². The standard InChI is InChI=1S/C15H30N2O2/c1-4-6-16-10-15(5-7-18-12-15)11-17-8-13(2)19-14(3)9-17/h13-14,16H,4-12H2,1-3H3/t13-,14+,15?. The van der Waals surface area contributed by atoms with E-state index in [-0.39, 0.29) is 0 Å². The Morgan fingerprint density at radius 2 is 2.00 bits per heavy atom. The highest BCUT2D eigenvalue weighted by Crippen LogP contribution is 2.30. The lowest BCUT2D eigenvalue weighted by Gasteiger charge is -2.40. The molecule has 3 atom stereocenters. The van der Waals surface area contributed by atoms with Gasteiger partial charge < -0.3 is 14.8 Å². The van der Waals surface area contributed by atoms with Gasteiger partial charge in [0.25, 0.3) is 0 Å². The minimum atomic E-state index is 0.311. The first-order valence-corrected chi connectivity index (χ1v) is 7.80. The Balaban J connectivity index is 1.88. The van der Waals surface area contributed by atoms with Crippen LogP contribution in [0, 0.1) is 5.41 Å². The third kappa shape index (κ3) is 4.42. The van der Waals surface area contributed by atoms with Crippen LogP contribution in [0.4, 0.5) is 0 Å². The normalized spacial score (nSPS) is 36.8. The van der Waals surface area contributed by atoms with E-state index in [0.29, 0.717) is 17.6 Å². The molecule has 2 aliphatic heterocycles. The summed E-state index contributed by atoms with van der Waals surface area (Å²) in [4.78, 5) is 2.57. The van der Waals surface area contributed by atoms with E-state index < -0.39 is 0 Å². The molecule has 0 aromatic carbocycles. The summed E-state index contributed by atoms with van der Waals surface area (Å²) in [7, 11) is 0. The Labute approximate surface area is 117 Å². The van der Waals surface area contributed by atoms with E-state index >= 15 is 0 Å². The fourth-order valence-electron chi connectivity index (χ4n) is 3.39. The fraction of sp³-hybridized carbons (Fsp3) is 1.00. The van der Waals surface area contributed by atoms with Gasteiger partial charge in [0.2, 0.25) is 0 Å². The van der Waals surface area contributed by atoms with Crippen molar-refractivity contribution in [3.63, 3.8) is 0 Å². The average molecular weight is 270 g/mol. The highest BCUT2D eigenvalue weighted by atomic mass is 16.5. The van der Waals surface area contributed by atoms with Crippen LogP contribution >= 0.6 is 0 Å². The first kappa shape index (κ1) is 15.2. The maximum absolute atomic E-state index is 5.82. The Kier molecular flexibility index (Phi) is 5.63. The second kappa shape index (κ2) is 7.02. The van der Waals surface area contributed by atoms with Crippen molar-refractivity contribution in [3.8, 4) is 0 Å². The van der Waals surface area contributed by atoms with Gasteiger partial charge in [-0.3, -0.25) is 4.90 Å². The molecule has 0 aliphatic carbocycles. The molecule has 0 amide bonds. The quantitative estimate of drug-likeness (QED) is 0.742. The monoisotopic (exact) mass is 270 g/mol. The van der Waals surface area contributed by atoms with Crippen LogP contribution in [0.15, 0.2) is 0 Å². The number of nitrogens with one attached hydrogen (secondary N) is 1. The molecule has 4 nitrogen and oxygen atoms in total. The van der Waals surface area contributed by atoms with E-state index in [1.165, 1.54) is 12.8 Å². The van der Waals surface area contributed by atoms with Crippen molar-refractivity contribution in [3.05, 3.63) is 0 Å². The van der Waals surface area contributed by atoms with Crippen LogP contribution in [-0.4, -0.2) is 63.0 Å². The van der Waals surface area contributed by atoms with Gasteiger partial charge in [-0.2, -0.15) is 0 Å². The minimum Gasteiger partial charge on any atom is -0.381 e. The Morgan fingerprint density at radius 3 is 2.58 bits per heavy atom. The SMILES string of the molecule is CCCNCC1(CN2C[C@@H](C)O[C@@H](C)C2)CCOC1. The van der Waals surface area contributed by atoms with E-state index in [9.17, 15) is 0 Å². The molecular formula is C15H30N2O2. The summed E-state index contributed by atoms with van der Waals surface area (Å²) in [6.07, 6.45) is 3.09. The Bertz CT molecular complexity index is 257. The zero-order chi connectivity index (χ0) is 13.7. The zero-order valence-corrected chi connectivity index (χ0v) is 12.8. The molecule has 0 spiro atoms. The summed E-state index contributed by atoms with van der Waals surface area (Å²) in [5.74, 6) is 0. The van der Waals surface area contributed by atoms with E-state index in [2.05, 4.69) is 31.0 Å². The first-order valence-electron chi connectivity index (χ1n) is 7.80. The topological polar surface area (TPSA) is 33.7 Å². The molecule has 0 aromatic rings. The van der Waals surface area contributed by atoms with Crippen molar-refractivity contribution in [1.82, 2.24) is 10.2 Å². The molecule has 2 rings (SSSR count). The van der Waals surface area contributed by atoms with Gasteiger partial charge in [0.05, 0.1) is 18.8 Å². The number of hydrogen-bond acceptors (Lipinski definition) is 4. The smallest absolute Gasteiger partial charge is 0.0678 e. The summed E-state index contributed by atoms with van der Waals surface area (Å²) in [5, 5.41) is 3.59. The second-order valence-electron chi connectivity index (χ2n) is 6.43. The molecular weight excluding hydrogens is 240 g/mol. The molecule has 2 saturated heterocycles. The lowest BCUT2D eigenvalue weighted by molar-refractivity contribution is -0.0780. The second-order valence-corrected chi connectivity index (χ2v) is 6.43. The highest BCUT2D eigenvalue weighted by molar-refractivity contribution is 4.90. The van der Waals surface area contributed by atoms with Crippen molar-refractivity contribution in [1.29, 1.82) is 0 Å². The van der Waals surface area contributed by atoms with E-state index in [1.807, 2.05) is 0 Å². The molecule has 112 valence electrons. The summed E-state index contributed by atoms with van der Waals surface area (Å²) in [6, 6.07) is 0. The molecule has 19 heavy (non-hydrogen) atoms. The lowest BCUT2D eigenvalue weighted by atomic mass is 9.86. The molecule has 0 bridgehead atoms. The summed E-state index contributed by atoms with van der Waals surface area (Å²) in [6.45, 7) is 13.8. The van der Waals surface area contributed by atoms with Crippen molar-refractivity contribution >= 4 is 0 Å². The zero-order valence-electron chi connectivity index (χ0n) is 12.8. The van der Waals surface area contributed by atoms with E-state index in [0.717, 1.165) is 45.9 Å². The van der Waals surface area contributed by atoms with Crippen molar-refractivity contribution in [2.75, 3.05) is 45.9 Å². The number of ether oxygens (including phenoxy) is 2. The van der Waals surface area contributed by atoms with Gasteiger partial charge in [0, 0.05) is 38.2 Å². The predicted molar refractivity (Wildman–Crippen MR) is 77.5 cm³/mol. The molecule has 0 aromatic heterocycles. The van der Waals surface area contributed by atoms with Crippen molar-refractivity contribution < 1.29 is 9.47 Å². The first-order chi connectivity index (χ1) is 9.13. The van der Waals surface area contributed by atoms with Crippen LogP contribution in [0.5, 0.6) is 0 Å². The summed E-state index contributed by atoms with van der Waals surface area (Å²) < 4.78 is 11.5. The van der Waals surface area contributed by atoms with Crippen molar-refractivity contribution in [2.24, 2.45) is 5.41 Å². The Morgan fingerprint density at radius 1 is 1.26 bits per heavy atom. The lowest BCUT2D eigenvalue weighted by Crippen LogP contribution is -2.52. The fourth-order valence-corrected chi connectivity index (χ4v) is 3.39. The van der Waals surface area contributed by atoms with Crippen LogP contribution < -0.4 is 5.32 Å². The van der Waals surface area contributed by atoms with Crippen LogP contribution in [0.25, 0.3) is 0 Å². The van der Waals surface area contributed by atoms with Crippen LogP contribution in [0.3, 0.4) is 0 Å². The number of morpholine rings is 1. The predicted octanol–water partition coefficient (Wildman–Crippen LogP) is 1.50. The van der Waals surface area contributed by atoms with Gasteiger partial charge >= 0.3 is 0 Å². The molecule has 2 fully saturated rings. The van der Waals surface area contributed by atoms with Gasteiger partial charge in [-0.05, 0) is 33.2 Å². The molecule has 2 heterocycles. The van der Waals surface area contributed by atoms with Gasteiger partial charge in [-0.1, -0.05) is 6.92 Å². The summed E-state index contributed by atoms with van der Waals surface area (Å²) >= 11 is 0. The average Bonchev–Trinajstić information content (AvgIpc) is 2.77. The number of hydrogen-bond donors (Lipinski definition) is 1. The highest BCUT2D eigenvalue weighted by Gasteiger charge is 2.37. The summed E-state index contributed by atoms with van der Waals surface area (Å²) in [5.41, 5.74) is 0.311. The third-order valence-corrected chi connectivity index (χ3v) is 4.17. The van der Waals surface area contributed by atoms with Gasteiger partial charge in [0.15, 0.2) is 0 Å². The maximum Gasteiger partial charge on any atom is 0.0678 e. The Hall–Kier alpha value is -0.160. The molecule has 0 saturated carbocycles. The van der Waals surface area contributed by atoms with Crippen LogP contribution in [-0.2, 0) is 9.47 Å². The largest absolute Gasteiger partial charge is 0.381 e. The number of rotatable bonds is 6. The van der Waals surface area contributed by atoms with Crippen LogP contribution in [0.1, 0.15) is 33.6 Å². The molecule has 4 heteroatoms. The van der Waals surface area contributed by atoms with E-state index in [4.69, 9.17) is 9.47 Å². The number of nitrogens with zero attached hydrogens (tertiary/aromatic N) is 1. The molecule has 1 unspecified atom stereocenters. The third-order valence-electron chi connectivity index (χ3n) is 4.17. The molecule has 2 aliphatic rings. The van der Waals surface area contributed by atoms with E-state index in [1.54, 1.807) is 0 Å². The molecule has 0 radical (unpaired) electrons. The minimum absolute atomic E-state index is 0.311. The van der Waals surface area contributed by atoms with Crippen LogP contribution in [0.2, 0.25) is 0 Å². The molecule has 1 N–H and O–H groups in total. The van der Waals surface area contributed by atoms with Crippen molar-refractivity contribution in [2.45, 2.75) is 45.8 Å². The maximum atomic E-state index is 5.82.